The number of hydrogen-bond donors (Lipinski definition) is 1. The Hall–Kier alpha value is -2.35. The molecule has 0 unspecified atom stereocenters. The van der Waals surface area contributed by atoms with E-state index in [-0.39, 0.29) is 22.8 Å². The summed E-state index contributed by atoms with van der Waals surface area (Å²) in [5.41, 5.74) is 0.637. The van der Waals surface area contributed by atoms with Gasteiger partial charge in [-0.25, -0.2) is 0 Å². The molecule has 2 aliphatic heterocycles. The van der Waals surface area contributed by atoms with Crippen LogP contribution in [0.3, 0.4) is 0 Å². The Bertz CT molecular complexity index is 1070. The molecular weight excluding hydrogens is 465 g/mol. The Balaban J connectivity index is 1.60. The molecule has 2 aliphatic rings. The number of benzene rings is 1. The molecule has 0 aliphatic carbocycles. The molecular formula is C28H39F3N4O. The van der Waals surface area contributed by atoms with Gasteiger partial charge in [0.1, 0.15) is 0 Å². The van der Waals surface area contributed by atoms with Crippen LogP contribution in [0, 0.1) is 11.3 Å². The summed E-state index contributed by atoms with van der Waals surface area (Å²) in [7, 11) is 0. The fourth-order valence-corrected chi connectivity index (χ4v) is 5.59. The molecule has 198 valence electrons. The smallest absolute Gasteiger partial charge is 0.341 e. The molecule has 5 nitrogen and oxygen atoms in total. The highest BCUT2D eigenvalue weighted by atomic mass is 19.4. The maximum atomic E-state index is 13.6. The largest absolute Gasteiger partial charge is 0.416 e. The fraction of sp³-hybridized carbons (Fsp3) is 0.643. The Morgan fingerprint density at radius 1 is 1.03 bits per heavy atom. The standard InChI is InChI=1S/C28H39F3N4O/c1-26(2,3)19-10-13-34(14-11-19)25(36)23-17-21(22-12-15-35(33-22)27(4,5)6)24(32-23)18-8-7-9-20(16-18)28(29,30)31/h7-9,12,15-16,19,21,23-24,32H,10-11,13-14,17H2,1-6H3/t21-,23-,24-/m0/s1. The number of hydrogen-bond acceptors (Lipinski definition) is 3. The average Bonchev–Trinajstić information content (AvgIpc) is 3.45. The number of aromatic nitrogens is 2. The van der Waals surface area contributed by atoms with Gasteiger partial charge in [0.2, 0.25) is 5.91 Å². The lowest BCUT2D eigenvalue weighted by Gasteiger charge is -2.39. The van der Waals surface area contributed by atoms with Crippen molar-refractivity contribution in [2.75, 3.05) is 13.1 Å². The van der Waals surface area contributed by atoms with Crippen molar-refractivity contribution in [1.82, 2.24) is 20.0 Å². The molecule has 1 N–H and O–H groups in total. The van der Waals surface area contributed by atoms with Gasteiger partial charge in [0, 0.05) is 31.2 Å². The molecule has 1 aromatic carbocycles. The topological polar surface area (TPSA) is 50.2 Å². The van der Waals surface area contributed by atoms with Crippen LogP contribution in [-0.2, 0) is 16.5 Å². The number of nitrogens with one attached hydrogen (secondary N) is 1. The third-order valence-corrected chi connectivity index (χ3v) is 7.85. The number of carbonyl (C=O) groups excluding carboxylic acids is 1. The SMILES string of the molecule is CC(C)(C)C1CCN(C(=O)[C@@H]2C[C@@H](c3ccn(C(C)(C)C)n3)[C@H](c3cccc(C(F)(F)F)c3)N2)CC1. The highest BCUT2D eigenvalue weighted by molar-refractivity contribution is 5.82. The zero-order valence-electron chi connectivity index (χ0n) is 22.2. The molecule has 2 saturated heterocycles. The monoisotopic (exact) mass is 504 g/mol. The third kappa shape index (κ3) is 5.63. The second kappa shape index (κ2) is 9.51. The van der Waals surface area contributed by atoms with Crippen molar-refractivity contribution in [2.45, 2.75) is 90.5 Å². The van der Waals surface area contributed by atoms with Crippen molar-refractivity contribution in [3.05, 3.63) is 53.3 Å². The number of carbonyl (C=O) groups is 1. The zero-order chi connectivity index (χ0) is 26.5. The molecule has 36 heavy (non-hydrogen) atoms. The molecule has 1 aromatic heterocycles. The van der Waals surface area contributed by atoms with Crippen molar-refractivity contribution in [2.24, 2.45) is 11.3 Å². The number of halogens is 3. The van der Waals surface area contributed by atoms with Crippen LogP contribution in [0.25, 0.3) is 0 Å². The lowest BCUT2D eigenvalue weighted by Crippen LogP contribution is -2.48. The van der Waals surface area contributed by atoms with Crippen LogP contribution < -0.4 is 5.32 Å². The molecule has 1 amide bonds. The summed E-state index contributed by atoms with van der Waals surface area (Å²) < 4.78 is 42.3. The van der Waals surface area contributed by atoms with Crippen molar-refractivity contribution in [3.8, 4) is 0 Å². The van der Waals surface area contributed by atoms with Crippen LogP contribution >= 0.6 is 0 Å². The van der Waals surface area contributed by atoms with Crippen molar-refractivity contribution in [3.63, 3.8) is 0 Å². The minimum absolute atomic E-state index is 0.0390. The summed E-state index contributed by atoms with van der Waals surface area (Å²) in [4.78, 5) is 15.5. The van der Waals surface area contributed by atoms with Crippen LogP contribution in [0.15, 0.2) is 36.5 Å². The van der Waals surface area contributed by atoms with E-state index >= 15 is 0 Å². The predicted molar refractivity (Wildman–Crippen MR) is 134 cm³/mol. The van der Waals surface area contributed by atoms with Gasteiger partial charge >= 0.3 is 6.18 Å². The average molecular weight is 505 g/mol. The van der Waals surface area contributed by atoms with E-state index in [4.69, 9.17) is 5.10 Å². The van der Waals surface area contributed by atoms with Gasteiger partial charge < -0.3 is 4.90 Å². The first-order valence-electron chi connectivity index (χ1n) is 12.9. The maximum Gasteiger partial charge on any atom is 0.416 e. The Kier molecular flexibility index (Phi) is 7.05. The van der Waals surface area contributed by atoms with Crippen LogP contribution in [-0.4, -0.2) is 39.7 Å². The van der Waals surface area contributed by atoms with Gasteiger partial charge in [0.05, 0.1) is 22.8 Å². The first-order chi connectivity index (χ1) is 16.6. The molecule has 0 radical (unpaired) electrons. The molecule has 2 aromatic rings. The van der Waals surface area contributed by atoms with Gasteiger partial charge in [0.15, 0.2) is 0 Å². The highest BCUT2D eigenvalue weighted by Gasteiger charge is 2.43. The molecule has 0 spiro atoms. The molecule has 0 saturated carbocycles. The Labute approximate surface area is 212 Å². The number of alkyl halides is 3. The van der Waals surface area contributed by atoms with Gasteiger partial charge in [-0.2, -0.15) is 18.3 Å². The number of piperidine rings is 1. The second-order valence-corrected chi connectivity index (χ2v) is 12.5. The first kappa shape index (κ1) is 26.7. The molecule has 3 atom stereocenters. The summed E-state index contributed by atoms with van der Waals surface area (Å²) in [5.74, 6) is 0.403. The van der Waals surface area contributed by atoms with E-state index in [0.29, 0.717) is 17.9 Å². The van der Waals surface area contributed by atoms with Crippen LogP contribution in [0.1, 0.15) is 89.6 Å². The van der Waals surface area contributed by atoms with Gasteiger partial charge in [-0.15, -0.1) is 0 Å². The zero-order valence-corrected chi connectivity index (χ0v) is 22.2. The number of amides is 1. The van der Waals surface area contributed by atoms with Gasteiger partial charge in [-0.3, -0.25) is 14.8 Å². The quantitative estimate of drug-likeness (QED) is 0.547. The molecule has 8 heteroatoms. The first-order valence-corrected chi connectivity index (χ1v) is 12.9. The van der Waals surface area contributed by atoms with Crippen LogP contribution in [0.2, 0.25) is 0 Å². The van der Waals surface area contributed by atoms with Crippen molar-refractivity contribution < 1.29 is 18.0 Å². The summed E-state index contributed by atoms with van der Waals surface area (Å²) >= 11 is 0. The summed E-state index contributed by atoms with van der Waals surface area (Å²) in [5, 5.41) is 8.20. The van der Waals surface area contributed by atoms with E-state index < -0.39 is 23.8 Å². The number of rotatable bonds is 3. The van der Waals surface area contributed by atoms with E-state index in [9.17, 15) is 18.0 Å². The van der Waals surface area contributed by atoms with E-state index in [1.807, 2.05) is 21.8 Å². The summed E-state index contributed by atoms with van der Waals surface area (Å²) in [6, 6.07) is 6.48. The van der Waals surface area contributed by atoms with Crippen LogP contribution in [0.5, 0.6) is 0 Å². The minimum atomic E-state index is -4.43. The van der Waals surface area contributed by atoms with Gasteiger partial charge in [-0.05, 0) is 75.1 Å². The Morgan fingerprint density at radius 2 is 1.69 bits per heavy atom. The van der Waals surface area contributed by atoms with Crippen LogP contribution in [0.4, 0.5) is 13.2 Å². The van der Waals surface area contributed by atoms with E-state index in [2.05, 4.69) is 46.9 Å². The Morgan fingerprint density at radius 3 is 2.25 bits per heavy atom. The normalized spacial score (nSPS) is 24.4. The van der Waals surface area contributed by atoms with E-state index in [1.54, 1.807) is 6.07 Å². The molecule has 3 heterocycles. The second-order valence-electron chi connectivity index (χ2n) is 12.5. The fourth-order valence-electron chi connectivity index (χ4n) is 5.59. The summed E-state index contributed by atoms with van der Waals surface area (Å²) in [6.07, 6.45) is -0.0769. The van der Waals surface area contributed by atoms with Gasteiger partial charge in [0.25, 0.3) is 0 Å². The highest BCUT2D eigenvalue weighted by Crippen LogP contribution is 2.42. The van der Waals surface area contributed by atoms with E-state index in [0.717, 1.165) is 37.7 Å². The van der Waals surface area contributed by atoms with Gasteiger partial charge in [-0.1, -0.05) is 32.9 Å². The maximum absolute atomic E-state index is 13.6. The van der Waals surface area contributed by atoms with E-state index in [1.165, 1.54) is 12.1 Å². The van der Waals surface area contributed by atoms with Crippen molar-refractivity contribution >= 4 is 5.91 Å². The predicted octanol–water partition coefficient (Wildman–Crippen LogP) is 6.13. The minimum Gasteiger partial charge on any atom is -0.341 e. The number of likely N-dealkylation sites (tertiary alicyclic amines) is 1. The van der Waals surface area contributed by atoms with Crippen molar-refractivity contribution in [1.29, 1.82) is 0 Å². The lowest BCUT2D eigenvalue weighted by atomic mass is 9.75. The number of nitrogens with zero attached hydrogens (tertiary/aromatic N) is 3. The molecule has 4 rings (SSSR count). The molecule has 0 bridgehead atoms. The molecule has 2 fully saturated rings. The summed E-state index contributed by atoms with van der Waals surface area (Å²) in [6.45, 7) is 14.3. The lowest BCUT2D eigenvalue weighted by molar-refractivity contribution is -0.138. The third-order valence-electron chi connectivity index (χ3n) is 7.85.